The monoisotopic (exact) mass is 776 g/mol. The highest BCUT2D eigenvalue weighted by atomic mass is 32.2. The Morgan fingerprint density at radius 3 is 2.31 bits per heavy atom. The Kier molecular flexibility index (Phi) is 11.4. The summed E-state index contributed by atoms with van der Waals surface area (Å²) >= 11 is 0. The smallest absolute Gasteiger partial charge is 0.322 e. The molecule has 0 saturated carbocycles. The summed E-state index contributed by atoms with van der Waals surface area (Å²) in [5, 5.41) is 12.6. The third-order valence-electron chi connectivity index (χ3n) is 11.9. The summed E-state index contributed by atoms with van der Waals surface area (Å²) in [6.07, 6.45) is 8.08. The van der Waals surface area contributed by atoms with Gasteiger partial charge in [0.1, 0.15) is 11.3 Å². The number of hydrogen-bond donors (Lipinski definition) is 3. The van der Waals surface area contributed by atoms with E-state index in [9.17, 15) is 22.8 Å². The molecule has 2 aromatic carbocycles. The Balaban J connectivity index is 1.13. The molecule has 2 unspecified atom stereocenters. The molecule has 292 valence electrons. The van der Waals surface area contributed by atoms with Gasteiger partial charge in [-0.05, 0) is 87.0 Å². The first-order chi connectivity index (χ1) is 25.9. The number of rotatable bonds is 10. The van der Waals surface area contributed by atoms with Crippen molar-refractivity contribution < 1.29 is 22.8 Å². The fraction of sp³-hybridized carbons (Fsp3) is 0.590. The predicted molar refractivity (Wildman–Crippen MR) is 214 cm³/mol. The van der Waals surface area contributed by atoms with Gasteiger partial charge < -0.3 is 30.2 Å². The molecule has 3 N–H and O–H groups in total. The number of para-hydroxylation sites is 1. The molecule has 15 heteroatoms. The largest absolute Gasteiger partial charge is 0.341 e. The second-order valence-corrected chi connectivity index (χ2v) is 24.7. The molecule has 3 fully saturated rings. The number of nitrogens with one attached hydrogen (secondary N) is 3. The van der Waals surface area contributed by atoms with Crippen molar-refractivity contribution in [2.45, 2.75) is 101 Å². The van der Waals surface area contributed by atoms with Gasteiger partial charge in [0, 0.05) is 69.7 Å². The van der Waals surface area contributed by atoms with Crippen LogP contribution in [0.2, 0.25) is 25.7 Å². The molecule has 3 aromatic rings. The van der Waals surface area contributed by atoms with Crippen LogP contribution in [0.4, 0.5) is 15.3 Å². The Morgan fingerprint density at radius 2 is 1.59 bits per heavy atom. The molecule has 3 saturated heterocycles. The average molecular weight is 777 g/mol. The molecule has 4 aliphatic heterocycles. The number of urea groups is 2. The maximum atomic E-state index is 14.8. The number of H-pyrrole nitrogens is 1. The van der Waals surface area contributed by atoms with E-state index in [1.165, 1.54) is 19.3 Å². The lowest BCUT2D eigenvalue weighted by Gasteiger charge is -2.42. The van der Waals surface area contributed by atoms with Gasteiger partial charge >= 0.3 is 12.1 Å². The van der Waals surface area contributed by atoms with Crippen LogP contribution >= 0.6 is 0 Å². The molecule has 0 spiro atoms. The van der Waals surface area contributed by atoms with Gasteiger partial charge in [-0.1, -0.05) is 50.3 Å². The molecule has 2 atom stereocenters. The Bertz CT molecular complexity index is 1930. The second kappa shape index (κ2) is 16.0. The number of carbonyl (C=O) groups is 3. The number of likely N-dealkylation sites (tertiary alicyclic amines) is 3. The van der Waals surface area contributed by atoms with Crippen LogP contribution in [0.15, 0.2) is 48.7 Å². The Labute approximate surface area is 320 Å². The minimum Gasteiger partial charge on any atom is -0.341 e. The summed E-state index contributed by atoms with van der Waals surface area (Å²) in [7, 11) is -5.73. The first kappa shape index (κ1) is 38.3. The highest BCUT2D eigenvalue weighted by Crippen LogP contribution is 2.34. The fourth-order valence-electron chi connectivity index (χ4n) is 8.64. The summed E-state index contributed by atoms with van der Waals surface area (Å²) in [5.74, 6) is -0.423. The fourth-order valence-corrected chi connectivity index (χ4v) is 13.6. The van der Waals surface area contributed by atoms with E-state index in [2.05, 4.69) is 45.4 Å². The van der Waals surface area contributed by atoms with Crippen molar-refractivity contribution in [3.63, 3.8) is 0 Å². The number of aromatic amines is 1. The third-order valence-corrected chi connectivity index (χ3v) is 16.1. The van der Waals surface area contributed by atoms with E-state index in [4.69, 9.17) is 0 Å². The number of amides is 5. The van der Waals surface area contributed by atoms with E-state index in [0.29, 0.717) is 63.2 Å². The molecule has 13 nitrogen and oxygen atoms in total. The summed E-state index contributed by atoms with van der Waals surface area (Å²) in [4.78, 5) is 50.0. The molecular formula is C39H56N8O5SSi. The van der Waals surface area contributed by atoms with Crippen molar-refractivity contribution in [3.05, 3.63) is 59.8 Å². The molecule has 4 aliphatic rings. The SMILES string of the molecule is C[Si](C)(C)CCS(=O)(=O)C(c1ccc2[nH]ncc2c1)C(NC(=O)N1CCC(N2Cc3ccccc3NC2=O)CC1)C(=O)N1CCC(N2CCCCC2)CC1. The zero-order valence-electron chi connectivity index (χ0n) is 31.9. The van der Waals surface area contributed by atoms with Crippen LogP contribution in [0.3, 0.4) is 0 Å². The number of sulfone groups is 1. The number of benzene rings is 2. The first-order valence-electron chi connectivity index (χ1n) is 19.7. The van der Waals surface area contributed by atoms with Crippen molar-refractivity contribution in [1.29, 1.82) is 0 Å². The summed E-state index contributed by atoms with van der Waals surface area (Å²) in [6, 6.07) is 12.1. The minimum absolute atomic E-state index is 0.0580. The molecule has 5 heterocycles. The Hall–Kier alpha value is -3.95. The molecular weight excluding hydrogens is 721 g/mol. The number of carbonyl (C=O) groups excluding carboxylic acids is 3. The highest BCUT2D eigenvalue weighted by molar-refractivity contribution is 7.91. The van der Waals surface area contributed by atoms with E-state index in [-0.39, 0.29) is 23.7 Å². The lowest BCUT2D eigenvalue weighted by atomic mass is 9.97. The van der Waals surface area contributed by atoms with Crippen LogP contribution in [0.1, 0.15) is 61.3 Å². The maximum absolute atomic E-state index is 14.8. The van der Waals surface area contributed by atoms with Crippen molar-refractivity contribution in [2.24, 2.45) is 0 Å². The van der Waals surface area contributed by atoms with Gasteiger partial charge in [-0.15, -0.1) is 0 Å². The molecule has 0 radical (unpaired) electrons. The second-order valence-electron chi connectivity index (χ2n) is 16.8. The molecule has 54 heavy (non-hydrogen) atoms. The number of hydrogen-bond acceptors (Lipinski definition) is 7. The van der Waals surface area contributed by atoms with Crippen molar-refractivity contribution >= 4 is 52.5 Å². The first-order valence-corrected chi connectivity index (χ1v) is 25.2. The van der Waals surface area contributed by atoms with Gasteiger partial charge in [0.05, 0.1) is 11.7 Å². The number of aromatic nitrogens is 2. The summed E-state index contributed by atoms with van der Waals surface area (Å²) < 4.78 is 29.3. The third kappa shape index (κ3) is 8.62. The van der Waals surface area contributed by atoms with E-state index < -0.39 is 35.2 Å². The summed E-state index contributed by atoms with van der Waals surface area (Å²) in [5.41, 5.74) is 3.10. The summed E-state index contributed by atoms with van der Waals surface area (Å²) in [6.45, 7) is 10.9. The van der Waals surface area contributed by atoms with Gasteiger partial charge in [0.25, 0.3) is 0 Å². The average Bonchev–Trinajstić information content (AvgIpc) is 3.65. The van der Waals surface area contributed by atoms with Crippen molar-refractivity contribution in [2.75, 3.05) is 50.3 Å². The molecule has 0 bridgehead atoms. The zero-order valence-corrected chi connectivity index (χ0v) is 33.7. The van der Waals surface area contributed by atoms with Gasteiger partial charge in [0.15, 0.2) is 9.84 Å². The van der Waals surface area contributed by atoms with E-state index >= 15 is 0 Å². The van der Waals surface area contributed by atoms with Crippen LogP contribution < -0.4 is 10.6 Å². The molecule has 1 aromatic heterocycles. The quantitative estimate of drug-likeness (QED) is 0.233. The normalized spacial score (nSPS) is 20.7. The van der Waals surface area contributed by atoms with Crippen molar-refractivity contribution in [3.8, 4) is 0 Å². The van der Waals surface area contributed by atoms with Crippen LogP contribution in [0.5, 0.6) is 0 Å². The minimum atomic E-state index is -3.94. The van der Waals surface area contributed by atoms with Crippen LogP contribution in [0, 0.1) is 0 Å². The predicted octanol–water partition coefficient (Wildman–Crippen LogP) is 5.42. The number of fused-ring (bicyclic) bond motifs is 2. The van der Waals surface area contributed by atoms with E-state index in [0.717, 1.165) is 48.1 Å². The molecule has 0 aliphatic carbocycles. The van der Waals surface area contributed by atoms with Crippen LogP contribution in [0.25, 0.3) is 10.9 Å². The zero-order chi connectivity index (χ0) is 38.0. The lowest BCUT2D eigenvalue weighted by molar-refractivity contribution is -0.135. The van der Waals surface area contributed by atoms with Gasteiger partial charge in [-0.2, -0.15) is 5.10 Å². The number of anilines is 1. The van der Waals surface area contributed by atoms with Gasteiger partial charge in [0.2, 0.25) is 5.91 Å². The standard InChI is InChI=1S/C39H56N8O5SSi/c1-54(2,3)24-23-53(51,52)36(28-11-12-34-30(25-28)26-40-43-34)35(37(48)45-19-13-31(14-20-45)44-17-7-4-8-18-44)42-38(49)46-21-15-32(16-22-46)47-27-29-9-5-6-10-33(29)41-39(47)50/h5-6,9-12,25-26,31-32,35-36H,4,7-8,13-24,27H2,1-3H3,(H,40,43)(H,41,50)(H,42,49). The number of piperidine rings is 3. The van der Waals surface area contributed by atoms with E-state index in [1.807, 2.05) is 29.2 Å². The maximum Gasteiger partial charge on any atom is 0.322 e. The van der Waals surface area contributed by atoms with Crippen LogP contribution in [-0.2, 0) is 21.2 Å². The number of nitrogens with zero attached hydrogens (tertiary/aromatic N) is 5. The Morgan fingerprint density at radius 1 is 0.907 bits per heavy atom. The molecule has 5 amide bonds. The topological polar surface area (TPSA) is 151 Å². The van der Waals surface area contributed by atoms with Crippen LogP contribution in [-0.4, -0.2) is 127 Å². The van der Waals surface area contributed by atoms with Crippen molar-refractivity contribution in [1.82, 2.24) is 35.1 Å². The lowest BCUT2D eigenvalue weighted by Crippen LogP contribution is -2.59. The van der Waals surface area contributed by atoms with Gasteiger partial charge in [-0.3, -0.25) is 9.89 Å². The van der Waals surface area contributed by atoms with E-state index in [1.54, 1.807) is 34.2 Å². The molecule has 7 rings (SSSR count). The highest BCUT2D eigenvalue weighted by Gasteiger charge is 2.44. The van der Waals surface area contributed by atoms with Gasteiger partial charge in [-0.25, -0.2) is 18.0 Å².